The standard InChI is InChI=1S/C22H25NO4/c24-21(23-13-18(16-10-11-16)19(14-23)22(25)26)9-4-12-27-20-8-3-6-15-5-1-2-7-17(15)20/h1-3,5-8,16,18-19H,4,9-14H2,(H,25,26)/t18-,19+/m1/s1. The number of hydrogen-bond acceptors (Lipinski definition) is 3. The van der Waals surface area contributed by atoms with Crippen LogP contribution in [-0.4, -0.2) is 41.6 Å². The van der Waals surface area contributed by atoms with Gasteiger partial charge in [-0.1, -0.05) is 36.4 Å². The van der Waals surface area contributed by atoms with Crippen molar-refractivity contribution in [2.45, 2.75) is 25.7 Å². The summed E-state index contributed by atoms with van der Waals surface area (Å²) in [5, 5.41) is 11.6. The average Bonchev–Trinajstić information content (AvgIpc) is 3.42. The van der Waals surface area contributed by atoms with Crippen LogP contribution in [0.3, 0.4) is 0 Å². The topological polar surface area (TPSA) is 66.8 Å². The molecule has 4 rings (SSSR count). The number of rotatable bonds is 7. The molecule has 0 bridgehead atoms. The number of fused-ring (bicyclic) bond motifs is 1. The fraction of sp³-hybridized carbons (Fsp3) is 0.455. The lowest BCUT2D eigenvalue weighted by atomic mass is 9.92. The van der Waals surface area contributed by atoms with E-state index in [1.165, 1.54) is 0 Å². The summed E-state index contributed by atoms with van der Waals surface area (Å²) < 4.78 is 5.90. The maximum absolute atomic E-state index is 12.5. The van der Waals surface area contributed by atoms with Crippen LogP contribution in [0.15, 0.2) is 42.5 Å². The number of carbonyl (C=O) groups excluding carboxylic acids is 1. The predicted octanol–water partition coefficient (Wildman–Crippen LogP) is 3.57. The molecule has 1 heterocycles. The van der Waals surface area contributed by atoms with Crippen LogP contribution in [0, 0.1) is 17.8 Å². The number of ether oxygens (including phenoxy) is 1. The van der Waals surface area contributed by atoms with Gasteiger partial charge in [0, 0.05) is 24.9 Å². The zero-order valence-corrected chi connectivity index (χ0v) is 15.3. The van der Waals surface area contributed by atoms with Crippen molar-refractivity contribution >= 4 is 22.6 Å². The molecule has 0 unspecified atom stereocenters. The highest BCUT2D eigenvalue weighted by Crippen LogP contribution is 2.44. The van der Waals surface area contributed by atoms with Gasteiger partial charge in [-0.3, -0.25) is 9.59 Å². The molecule has 1 saturated carbocycles. The highest BCUT2D eigenvalue weighted by Gasteiger charge is 2.46. The van der Waals surface area contributed by atoms with E-state index in [4.69, 9.17) is 4.74 Å². The maximum Gasteiger partial charge on any atom is 0.308 e. The minimum Gasteiger partial charge on any atom is -0.493 e. The van der Waals surface area contributed by atoms with Gasteiger partial charge < -0.3 is 14.7 Å². The van der Waals surface area contributed by atoms with Crippen molar-refractivity contribution in [1.82, 2.24) is 4.90 Å². The Balaban J connectivity index is 1.28. The molecule has 1 saturated heterocycles. The average molecular weight is 367 g/mol. The first-order valence-electron chi connectivity index (χ1n) is 9.74. The van der Waals surface area contributed by atoms with Crippen LogP contribution in [0.5, 0.6) is 5.75 Å². The fourth-order valence-electron chi connectivity index (χ4n) is 4.18. The first-order chi connectivity index (χ1) is 13.1. The molecule has 2 aliphatic rings. The Hall–Kier alpha value is -2.56. The molecule has 0 radical (unpaired) electrons. The Kier molecular flexibility index (Phi) is 5.01. The van der Waals surface area contributed by atoms with Gasteiger partial charge in [-0.2, -0.15) is 0 Å². The van der Waals surface area contributed by atoms with Crippen molar-refractivity contribution in [2.75, 3.05) is 19.7 Å². The quantitative estimate of drug-likeness (QED) is 0.760. The lowest BCUT2D eigenvalue weighted by Gasteiger charge is -2.16. The molecule has 0 aromatic heterocycles. The number of benzene rings is 2. The maximum atomic E-state index is 12.5. The third kappa shape index (κ3) is 3.92. The number of carbonyl (C=O) groups is 2. The van der Waals surface area contributed by atoms with E-state index in [1.54, 1.807) is 4.90 Å². The first-order valence-corrected chi connectivity index (χ1v) is 9.74. The van der Waals surface area contributed by atoms with E-state index in [-0.39, 0.29) is 11.8 Å². The number of hydrogen-bond donors (Lipinski definition) is 1. The van der Waals surface area contributed by atoms with Crippen molar-refractivity contribution in [2.24, 2.45) is 17.8 Å². The number of aliphatic carboxylic acids is 1. The van der Waals surface area contributed by atoms with E-state index in [0.29, 0.717) is 38.5 Å². The van der Waals surface area contributed by atoms with Crippen LogP contribution in [0.4, 0.5) is 0 Å². The first kappa shape index (κ1) is 17.8. The fourth-order valence-corrected chi connectivity index (χ4v) is 4.18. The van der Waals surface area contributed by atoms with Gasteiger partial charge in [0.15, 0.2) is 0 Å². The van der Waals surface area contributed by atoms with E-state index in [0.717, 1.165) is 29.4 Å². The molecule has 5 heteroatoms. The molecule has 2 aromatic rings. The Morgan fingerprint density at radius 1 is 1.07 bits per heavy atom. The third-order valence-corrected chi connectivity index (χ3v) is 5.80. The lowest BCUT2D eigenvalue weighted by Crippen LogP contribution is -2.30. The molecule has 1 aliphatic carbocycles. The number of carboxylic acids is 1. The second-order valence-electron chi connectivity index (χ2n) is 7.67. The monoisotopic (exact) mass is 367 g/mol. The molecule has 5 nitrogen and oxygen atoms in total. The summed E-state index contributed by atoms with van der Waals surface area (Å²) in [6.45, 7) is 1.44. The van der Waals surface area contributed by atoms with Crippen LogP contribution >= 0.6 is 0 Å². The zero-order valence-electron chi connectivity index (χ0n) is 15.3. The third-order valence-electron chi connectivity index (χ3n) is 5.80. The van der Waals surface area contributed by atoms with Gasteiger partial charge in [0.25, 0.3) is 0 Å². The molecule has 0 spiro atoms. The minimum atomic E-state index is -0.763. The number of nitrogens with zero attached hydrogens (tertiary/aromatic N) is 1. The Morgan fingerprint density at radius 3 is 2.63 bits per heavy atom. The molecule has 142 valence electrons. The number of amides is 1. The van der Waals surface area contributed by atoms with E-state index in [9.17, 15) is 14.7 Å². The summed E-state index contributed by atoms with van der Waals surface area (Å²) in [7, 11) is 0. The van der Waals surface area contributed by atoms with Crippen molar-refractivity contribution in [3.8, 4) is 5.75 Å². The van der Waals surface area contributed by atoms with Crippen molar-refractivity contribution < 1.29 is 19.4 Å². The lowest BCUT2D eigenvalue weighted by molar-refractivity contribution is -0.142. The highest BCUT2D eigenvalue weighted by atomic mass is 16.5. The van der Waals surface area contributed by atoms with Crippen LogP contribution < -0.4 is 4.74 Å². The number of carboxylic acid groups (broad SMARTS) is 1. The summed E-state index contributed by atoms with van der Waals surface area (Å²) in [5.41, 5.74) is 0. The SMILES string of the molecule is O=C(O)[C@H]1CN(C(=O)CCCOc2cccc3ccccc23)C[C@@H]1C1CC1. The van der Waals surface area contributed by atoms with Crippen molar-refractivity contribution in [3.63, 3.8) is 0 Å². The van der Waals surface area contributed by atoms with Crippen molar-refractivity contribution in [1.29, 1.82) is 0 Å². The van der Waals surface area contributed by atoms with Gasteiger partial charge in [-0.15, -0.1) is 0 Å². The molecule has 2 aromatic carbocycles. The van der Waals surface area contributed by atoms with Crippen LogP contribution in [0.25, 0.3) is 10.8 Å². The second-order valence-corrected chi connectivity index (χ2v) is 7.67. The van der Waals surface area contributed by atoms with Crippen molar-refractivity contribution in [3.05, 3.63) is 42.5 Å². The van der Waals surface area contributed by atoms with Crippen LogP contribution in [0.2, 0.25) is 0 Å². The van der Waals surface area contributed by atoms with E-state index in [2.05, 4.69) is 0 Å². The second kappa shape index (κ2) is 7.59. The van der Waals surface area contributed by atoms with Gasteiger partial charge in [0.1, 0.15) is 5.75 Å². The summed E-state index contributed by atoms with van der Waals surface area (Å²) >= 11 is 0. The van der Waals surface area contributed by atoms with Crippen LogP contribution in [0.1, 0.15) is 25.7 Å². The Bertz CT molecular complexity index is 840. The molecule has 2 atom stereocenters. The summed E-state index contributed by atoms with van der Waals surface area (Å²) in [6, 6.07) is 14.0. The van der Waals surface area contributed by atoms with Gasteiger partial charge >= 0.3 is 5.97 Å². The molecule has 27 heavy (non-hydrogen) atoms. The normalized spacial score (nSPS) is 22.1. The largest absolute Gasteiger partial charge is 0.493 e. The summed E-state index contributed by atoms with van der Waals surface area (Å²) in [6.07, 6.45) is 3.24. The smallest absolute Gasteiger partial charge is 0.308 e. The molecule has 2 fully saturated rings. The van der Waals surface area contributed by atoms with E-state index >= 15 is 0 Å². The minimum absolute atomic E-state index is 0.0471. The molecule has 1 aliphatic heterocycles. The molecular weight excluding hydrogens is 342 g/mol. The molecular formula is C22H25NO4. The molecule has 1 N–H and O–H groups in total. The van der Waals surface area contributed by atoms with Gasteiger partial charge in [-0.05, 0) is 42.6 Å². The Labute approximate surface area is 158 Å². The summed E-state index contributed by atoms with van der Waals surface area (Å²) in [4.78, 5) is 25.7. The number of likely N-dealkylation sites (tertiary alicyclic amines) is 1. The molecule has 1 amide bonds. The zero-order chi connectivity index (χ0) is 18.8. The van der Waals surface area contributed by atoms with Crippen LogP contribution in [-0.2, 0) is 9.59 Å². The van der Waals surface area contributed by atoms with Gasteiger partial charge in [0.2, 0.25) is 5.91 Å². The van der Waals surface area contributed by atoms with Gasteiger partial charge in [-0.25, -0.2) is 0 Å². The van der Waals surface area contributed by atoms with E-state index < -0.39 is 11.9 Å². The predicted molar refractivity (Wildman–Crippen MR) is 103 cm³/mol. The summed E-state index contributed by atoms with van der Waals surface area (Å²) in [5.74, 6) is 0.360. The Morgan fingerprint density at radius 2 is 1.85 bits per heavy atom. The van der Waals surface area contributed by atoms with Gasteiger partial charge in [0.05, 0.1) is 12.5 Å². The van der Waals surface area contributed by atoms with E-state index in [1.807, 2.05) is 42.5 Å². The highest BCUT2D eigenvalue weighted by molar-refractivity contribution is 5.88.